The van der Waals surface area contributed by atoms with Crippen LogP contribution in [0.15, 0.2) is 42.5 Å². The van der Waals surface area contributed by atoms with Crippen molar-refractivity contribution in [3.05, 3.63) is 53.6 Å². The highest BCUT2D eigenvalue weighted by Gasteiger charge is 2.20. The molecule has 2 aromatic rings. The van der Waals surface area contributed by atoms with Gasteiger partial charge in [-0.25, -0.2) is 0 Å². The van der Waals surface area contributed by atoms with Crippen LogP contribution in [0.25, 0.3) is 0 Å². The number of phenolic OH excluding ortho intramolecular Hbond substituents is 2. The molecule has 0 spiro atoms. The molecule has 2 N–H and O–H groups in total. The van der Waals surface area contributed by atoms with Crippen LogP contribution in [0.4, 0.5) is 0 Å². The van der Waals surface area contributed by atoms with E-state index in [9.17, 15) is 15.0 Å². The lowest BCUT2D eigenvalue weighted by atomic mass is 9.86. The molecule has 0 saturated carbocycles. The smallest absolute Gasteiger partial charge is 0.160 e. The first-order chi connectivity index (χ1) is 13.0. The van der Waals surface area contributed by atoms with E-state index in [4.69, 9.17) is 4.74 Å². The molecule has 0 aliphatic heterocycles. The van der Waals surface area contributed by atoms with E-state index in [1.165, 1.54) is 26.4 Å². The number of unbranched alkanes of at least 4 members (excludes halogenated alkanes) is 4. The molecule has 4 nitrogen and oxygen atoms in total. The Bertz CT molecular complexity index is 739. The Morgan fingerprint density at radius 2 is 1.74 bits per heavy atom. The van der Waals surface area contributed by atoms with Crippen LogP contribution in [0.3, 0.4) is 0 Å². The fraction of sp³-hybridized carbons (Fsp3) is 0.435. The van der Waals surface area contributed by atoms with Gasteiger partial charge < -0.3 is 14.9 Å². The van der Waals surface area contributed by atoms with Crippen LogP contribution in [0, 0.1) is 0 Å². The predicted octanol–water partition coefficient (Wildman–Crippen LogP) is 5.56. The standard InChI is InChI=1S/C23H30O4/c1-3-4-5-6-7-10-20(25)16-21(17-9-8-11-19(24)14-17)18-12-13-22(26)23(15-18)27-2/h8-9,11-15,21,24,26H,3-7,10,16H2,1-2H3/t21-/m0/s1. The molecule has 0 aliphatic carbocycles. The number of hydrogen-bond acceptors (Lipinski definition) is 4. The van der Waals surface area contributed by atoms with Crippen LogP contribution >= 0.6 is 0 Å². The van der Waals surface area contributed by atoms with Crippen LogP contribution in [-0.4, -0.2) is 23.1 Å². The van der Waals surface area contributed by atoms with Crippen molar-refractivity contribution >= 4 is 5.78 Å². The molecule has 2 aromatic carbocycles. The van der Waals surface area contributed by atoms with Crippen molar-refractivity contribution in [3.8, 4) is 17.2 Å². The van der Waals surface area contributed by atoms with Crippen LogP contribution in [-0.2, 0) is 4.79 Å². The zero-order valence-electron chi connectivity index (χ0n) is 16.3. The first kappa shape index (κ1) is 20.8. The van der Waals surface area contributed by atoms with Crippen molar-refractivity contribution in [2.75, 3.05) is 7.11 Å². The summed E-state index contributed by atoms with van der Waals surface area (Å²) in [5, 5.41) is 19.7. The topological polar surface area (TPSA) is 66.8 Å². The lowest BCUT2D eigenvalue weighted by Gasteiger charge is -2.19. The number of rotatable bonds is 11. The summed E-state index contributed by atoms with van der Waals surface area (Å²) in [6.45, 7) is 2.18. The van der Waals surface area contributed by atoms with Gasteiger partial charge in [-0.3, -0.25) is 4.79 Å². The molecule has 0 unspecified atom stereocenters. The van der Waals surface area contributed by atoms with Gasteiger partial charge in [0, 0.05) is 18.8 Å². The van der Waals surface area contributed by atoms with Crippen LogP contribution < -0.4 is 4.74 Å². The van der Waals surface area contributed by atoms with Crippen molar-refractivity contribution in [1.29, 1.82) is 0 Å². The van der Waals surface area contributed by atoms with Crippen molar-refractivity contribution in [2.24, 2.45) is 0 Å². The second kappa shape index (κ2) is 10.6. The summed E-state index contributed by atoms with van der Waals surface area (Å²) in [5.74, 6) is 0.653. The van der Waals surface area contributed by atoms with Gasteiger partial charge in [-0.05, 0) is 41.8 Å². The zero-order valence-corrected chi connectivity index (χ0v) is 16.3. The van der Waals surface area contributed by atoms with Gasteiger partial charge in [-0.1, -0.05) is 50.8 Å². The summed E-state index contributed by atoms with van der Waals surface area (Å²) >= 11 is 0. The van der Waals surface area contributed by atoms with E-state index in [2.05, 4.69) is 6.92 Å². The number of aromatic hydroxyl groups is 2. The highest BCUT2D eigenvalue weighted by Crippen LogP contribution is 2.35. The summed E-state index contributed by atoms with van der Waals surface area (Å²) < 4.78 is 5.22. The van der Waals surface area contributed by atoms with E-state index in [1.54, 1.807) is 36.4 Å². The normalized spacial score (nSPS) is 11.9. The molecule has 0 saturated heterocycles. The fourth-order valence-electron chi connectivity index (χ4n) is 3.34. The molecule has 0 bridgehead atoms. The van der Waals surface area contributed by atoms with Gasteiger partial charge in [0.25, 0.3) is 0 Å². The minimum Gasteiger partial charge on any atom is -0.508 e. The van der Waals surface area contributed by atoms with Crippen molar-refractivity contribution in [3.63, 3.8) is 0 Å². The molecule has 4 heteroatoms. The summed E-state index contributed by atoms with van der Waals surface area (Å²) in [6, 6.07) is 12.2. The molecule has 0 fully saturated rings. The predicted molar refractivity (Wildman–Crippen MR) is 108 cm³/mol. The molecule has 2 rings (SSSR count). The Balaban J connectivity index is 2.17. The van der Waals surface area contributed by atoms with E-state index in [1.807, 2.05) is 6.07 Å². The fourth-order valence-corrected chi connectivity index (χ4v) is 3.34. The second-order valence-corrected chi connectivity index (χ2v) is 6.99. The number of Topliss-reactive ketones (excluding diaryl/α,β-unsaturated/α-hetero) is 1. The van der Waals surface area contributed by atoms with Crippen molar-refractivity contribution < 1.29 is 19.7 Å². The van der Waals surface area contributed by atoms with Gasteiger partial charge in [-0.15, -0.1) is 0 Å². The monoisotopic (exact) mass is 370 g/mol. The summed E-state index contributed by atoms with van der Waals surface area (Å²) in [7, 11) is 1.50. The van der Waals surface area contributed by atoms with Crippen molar-refractivity contribution in [1.82, 2.24) is 0 Å². The molecular weight excluding hydrogens is 340 g/mol. The third-order valence-electron chi connectivity index (χ3n) is 4.87. The number of carbonyl (C=O) groups is 1. The van der Waals surface area contributed by atoms with Crippen molar-refractivity contribution in [2.45, 2.75) is 57.8 Å². The molecule has 0 aliphatic rings. The number of methoxy groups -OCH3 is 1. The van der Waals surface area contributed by atoms with E-state index < -0.39 is 0 Å². The quantitative estimate of drug-likeness (QED) is 0.508. The highest BCUT2D eigenvalue weighted by atomic mass is 16.5. The third kappa shape index (κ3) is 6.31. The van der Waals surface area contributed by atoms with E-state index in [-0.39, 0.29) is 23.2 Å². The maximum atomic E-state index is 12.6. The highest BCUT2D eigenvalue weighted by molar-refractivity contribution is 5.80. The summed E-state index contributed by atoms with van der Waals surface area (Å²) in [6.07, 6.45) is 6.53. The molecule has 0 aromatic heterocycles. The molecule has 0 radical (unpaired) electrons. The number of benzene rings is 2. The van der Waals surface area contributed by atoms with Crippen LogP contribution in [0.2, 0.25) is 0 Å². The number of ether oxygens (including phenoxy) is 1. The van der Waals surface area contributed by atoms with Gasteiger partial charge in [0.05, 0.1) is 7.11 Å². The number of hydrogen-bond donors (Lipinski definition) is 2. The van der Waals surface area contributed by atoms with Gasteiger partial charge in [0.15, 0.2) is 11.5 Å². The maximum Gasteiger partial charge on any atom is 0.160 e. The Labute approximate surface area is 161 Å². The van der Waals surface area contributed by atoms with Gasteiger partial charge in [0.1, 0.15) is 11.5 Å². The summed E-state index contributed by atoms with van der Waals surface area (Å²) in [5.41, 5.74) is 1.76. The first-order valence-electron chi connectivity index (χ1n) is 9.72. The molecular formula is C23H30O4. The Morgan fingerprint density at radius 1 is 1.00 bits per heavy atom. The molecule has 1 atom stereocenters. The lowest BCUT2D eigenvalue weighted by molar-refractivity contribution is -0.119. The molecule has 27 heavy (non-hydrogen) atoms. The number of carbonyl (C=O) groups excluding carboxylic acids is 1. The second-order valence-electron chi connectivity index (χ2n) is 6.99. The van der Waals surface area contributed by atoms with E-state index >= 15 is 0 Å². The Hall–Kier alpha value is -2.49. The molecule has 0 heterocycles. The largest absolute Gasteiger partial charge is 0.508 e. The molecule has 146 valence electrons. The SMILES string of the molecule is CCCCCCCC(=O)C[C@@H](c1cccc(O)c1)c1ccc(O)c(OC)c1. The van der Waals surface area contributed by atoms with Gasteiger partial charge in [-0.2, -0.15) is 0 Å². The lowest BCUT2D eigenvalue weighted by Crippen LogP contribution is -2.09. The first-order valence-corrected chi connectivity index (χ1v) is 9.72. The Kier molecular flexibility index (Phi) is 8.18. The summed E-state index contributed by atoms with van der Waals surface area (Å²) in [4.78, 5) is 12.6. The van der Waals surface area contributed by atoms with E-state index in [0.717, 1.165) is 24.0 Å². The van der Waals surface area contributed by atoms with Crippen LogP contribution in [0.1, 0.15) is 68.9 Å². The van der Waals surface area contributed by atoms with Crippen LogP contribution in [0.5, 0.6) is 17.2 Å². The zero-order chi connectivity index (χ0) is 19.6. The average Bonchev–Trinajstić information content (AvgIpc) is 2.66. The average molecular weight is 370 g/mol. The third-order valence-corrected chi connectivity index (χ3v) is 4.87. The molecule has 0 amide bonds. The minimum absolute atomic E-state index is 0.0677. The van der Waals surface area contributed by atoms with E-state index in [0.29, 0.717) is 18.6 Å². The minimum atomic E-state index is -0.185. The Morgan fingerprint density at radius 3 is 2.44 bits per heavy atom. The number of ketones is 1. The number of phenols is 2. The van der Waals surface area contributed by atoms with Gasteiger partial charge in [0.2, 0.25) is 0 Å². The maximum absolute atomic E-state index is 12.6. The van der Waals surface area contributed by atoms with Gasteiger partial charge >= 0.3 is 0 Å².